The molecule has 2 aromatic carbocycles. The Labute approximate surface area is 211 Å². The lowest BCUT2D eigenvalue weighted by Gasteiger charge is -2.26. The molecule has 0 spiro atoms. The molecule has 8 heteroatoms. The van der Waals surface area contributed by atoms with Gasteiger partial charge in [-0.3, -0.25) is 0 Å². The van der Waals surface area contributed by atoms with Crippen LogP contribution in [0.4, 0.5) is 0 Å². The minimum absolute atomic E-state index is 0.0218. The molecule has 0 amide bonds. The lowest BCUT2D eigenvalue weighted by Crippen LogP contribution is -2.16. The summed E-state index contributed by atoms with van der Waals surface area (Å²) in [4.78, 5) is 22.0. The number of ether oxygens (including phenoxy) is 6. The highest BCUT2D eigenvalue weighted by Gasteiger charge is 2.21. The molecule has 0 radical (unpaired) electrons. The van der Waals surface area contributed by atoms with E-state index in [4.69, 9.17) is 28.4 Å². The molecule has 0 bridgehead atoms. The Hall–Kier alpha value is -3.20. The first kappa shape index (κ1) is 27.4. The third-order valence-electron chi connectivity index (χ3n) is 5.65. The van der Waals surface area contributed by atoms with E-state index in [0.717, 1.165) is 42.6 Å². The molecule has 0 aliphatic heterocycles. The van der Waals surface area contributed by atoms with Crippen LogP contribution >= 0.6 is 0 Å². The van der Waals surface area contributed by atoms with Crippen molar-refractivity contribution in [1.82, 2.24) is 0 Å². The lowest BCUT2D eigenvalue weighted by molar-refractivity contribution is -0.140. The maximum atomic E-state index is 11.0. The summed E-state index contributed by atoms with van der Waals surface area (Å²) in [6.07, 6.45) is 5.35. The van der Waals surface area contributed by atoms with E-state index in [-0.39, 0.29) is 19.3 Å². The molecular weight excluding hydrogens is 464 g/mol. The van der Waals surface area contributed by atoms with Gasteiger partial charge in [-0.25, -0.2) is 9.59 Å². The average molecular weight is 499 g/mol. The molecule has 36 heavy (non-hydrogen) atoms. The van der Waals surface area contributed by atoms with Gasteiger partial charge in [0.2, 0.25) is 0 Å². The van der Waals surface area contributed by atoms with Gasteiger partial charge in [0.15, 0.2) is 0 Å². The van der Waals surface area contributed by atoms with Crippen LogP contribution in [0.2, 0.25) is 0 Å². The van der Waals surface area contributed by atoms with Gasteiger partial charge in [0.05, 0.1) is 39.1 Å². The number of esters is 2. The molecule has 0 saturated carbocycles. The summed E-state index contributed by atoms with van der Waals surface area (Å²) in [5.41, 5.74) is 2.53. The Morgan fingerprint density at radius 1 is 0.806 bits per heavy atom. The largest absolute Gasteiger partial charge is 0.491 e. The van der Waals surface area contributed by atoms with Crippen molar-refractivity contribution in [2.24, 2.45) is 0 Å². The SMILES string of the molecule is C=CC(=O)OCCOCCOc1ccc2cc3c(cc2c1)C(OCCOCCOC(=O)C=C)CCC3. The Kier molecular flexibility index (Phi) is 11.4. The standard InChI is InChI=1S/C28H34O8/c1-3-27(29)35-16-12-31-10-14-33-24-9-8-21-18-22-6-5-7-26(25(22)20-23(21)19-24)34-15-11-32-13-17-36-28(30)4-2/h3-4,8-9,18-20,26H,1-2,5-7,10-17H2. The maximum Gasteiger partial charge on any atom is 0.330 e. The van der Waals surface area contributed by atoms with Gasteiger partial charge < -0.3 is 28.4 Å². The number of hydrogen-bond donors (Lipinski definition) is 0. The second-order valence-electron chi connectivity index (χ2n) is 8.13. The van der Waals surface area contributed by atoms with Crippen LogP contribution in [-0.4, -0.2) is 64.8 Å². The number of carbonyl (C=O) groups excluding carboxylic acids is 2. The van der Waals surface area contributed by atoms with Crippen molar-refractivity contribution in [2.45, 2.75) is 25.4 Å². The molecule has 0 heterocycles. The topological polar surface area (TPSA) is 89.5 Å². The molecule has 0 saturated heterocycles. The minimum atomic E-state index is -0.460. The van der Waals surface area contributed by atoms with Gasteiger partial charge in [0.1, 0.15) is 25.6 Å². The van der Waals surface area contributed by atoms with E-state index in [1.54, 1.807) is 0 Å². The van der Waals surface area contributed by atoms with Crippen molar-refractivity contribution in [1.29, 1.82) is 0 Å². The number of rotatable bonds is 16. The van der Waals surface area contributed by atoms with Crippen LogP contribution in [0.1, 0.15) is 30.1 Å². The summed E-state index contributed by atoms with van der Waals surface area (Å²) >= 11 is 0. The first-order chi connectivity index (χ1) is 17.6. The Balaban J connectivity index is 1.46. The quantitative estimate of drug-likeness (QED) is 0.194. The molecule has 3 rings (SSSR count). The summed E-state index contributed by atoms with van der Waals surface area (Å²) in [6.45, 7) is 9.40. The van der Waals surface area contributed by atoms with Crippen molar-refractivity contribution in [3.63, 3.8) is 0 Å². The lowest BCUT2D eigenvalue weighted by atomic mass is 9.87. The molecule has 194 valence electrons. The third kappa shape index (κ3) is 8.78. The fourth-order valence-electron chi connectivity index (χ4n) is 3.95. The van der Waals surface area contributed by atoms with Crippen LogP contribution in [0.25, 0.3) is 10.8 Å². The van der Waals surface area contributed by atoms with E-state index in [1.807, 2.05) is 12.1 Å². The predicted molar refractivity (Wildman–Crippen MR) is 135 cm³/mol. The highest BCUT2D eigenvalue weighted by atomic mass is 16.6. The van der Waals surface area contributed by atoms with Crippen LogP contribution in [-0.2, 0) is 39.7 Å². The Morgan fingerprint density at radius 2 is 1.47 bits per heavy atom. The number of fused-ring (bicyclic) bond motifs is 2. The van der Waals surface area contributed by atoms with Crippen molar-refractivity contribution in [3.8, 4) is 5.75 Å². The zero-order chi connectivity index (χ0) is 25.6. The Morgan fingerprint density at radius 3 is 2.17 bits per heavy atom. The van der Waals surface area contributed by atoms with Crippen LogP contribution < -0.4 is 4.74 Å². The smallest absolute Gasteiger partial charge is 0.330 e. The zero-order valence-corrected chi connectivity index (χ0v) is 20.6. The highest BCUT2D eigenvalue weighted by Crippen LogP contribution is 2.36. The molecule has 2 aromatic rings. The third-order valence-corrected chi connectivity index (χ3v) is 5.65. The van der Waals surface area contributed by atoms with E-state index in [9.17, 15) is 9.59 Å². The van der Waals surface area contributed by atoms with E-state index in [0.29, 0.717) is 39.6 Å². The molecule has 0 fully saturated rings. The van der Waals surface area contributed by atoms with Gasteiger partial charge in [0, 0.05) is 12.2 Å². The predicted octanol–water partition coefficient (Wildman–Crippen LogP) is 4.10. The highest BCUT2D eigenvalue weighted by molar-refractivity contribution is 5.86. The molecule has 0 N–H and O–H groups in total. The van der Waals surface area contributed by atoms with Crippen molar-refractivity contribution < 1.29 is 38.0 Å². The molecule has 1 unspecified atom stereocenters. The van der Waals surface area contributed by atoms with Gasteiger partial charge in [0.25, 0.3) is 0 Å². The zero-order valence-electron chi connectivity index (χ0n) is 20.6. The first-order valence-corrected chi connectivity index (χ1v) is 12.2. The minimum Gasteiger partial charge on any atom is -0.491 e. The monoisotopic (exact) mass is 498 g/mol. The van der Waals surface area contributed by atoms with Crippen LogP contribution in [0.15, 0.2) is 55.6 Å². The summed E-state index contributed by atoms with van der Waals surface area (Å²) in [6, 6.07) is 10.5. The van der Waals surface area contributed by atoms with E-state index < -0.39 is 11.9 Å². The van der Waals surface area contributed by atoms with Crippen molar-refractivity contribution in [3.05, 3.63) is 66.8 Å². The van der Waals surface area contributed by atoms with E-state index in [1.165, 1.54) is 16.5 Å². The normalized spacial score (nSPS) is 14.6. The number of aryl methyl sites for hydroxylation is 1. The number of hydrogen-bond acceptors (Lipinski definition) is 8. The van der Waals surface area contributed by atoms with Crippen LogP contribution in [0.5, 0.6) is 5.75 Å². The maximum absolute atomic E-state index is 11.0. The second-order valence-corrected chi connectivity index (χ2v) is 8.13. The van der Waals surface area contributed by atoms with Crippen molar-refractivity contribution >= 4 is 22.7 Å². The second kappa shape index (κ2) is 15.0. The van der Waals surface area contributed by atoms with E-state index >= 15 is 0 Å². The number of carbonyl (C=O) groups is 2. The van der Waals surface area contributed by atoms with Gasteiger partial charge in [-0.2, -0.15) is 0 Å². The molecular formula is C28H34O8. The van der Waals surface area contributed by atoms with Crippen molar-refractivity contribution in [2.75, 3.05) is 52.9 Å². The Bertz CT molecular complexity index is 1030. The fraction of sp³-hybridized carbons (Fsp3) is 0.429. The van der Waals surface area contributed by atoms with Crippen LogP contribution in [0, 0.1) is 0 Å². The molecule has 1 aliphatic rings. The number of benzene rings is 2. The summed E-state index contributed by atoms with van der Waals surface area (Å²) < 4.78 is 32.6. The van der Waals surface area contributed by atoms with E-state index in [2.05, 4.69) is 31.4 Å². The first-order valence-electron chi connectivity index (χ1n) is 12.2. The summed E-state index contributed by atoms with van der Waals surface area (Å²) in [5.74, 6) is -0.146. The summed E-state index contributed by atoms with van der Waals surface area (Å²) in [5, 5.41) is 2.26. The fourth-order valence-corrected chi connectivity index (χ4v) is 3.95. The molecule has 1 atom stereocenters. The average Bonchev–Trinajstić information content (AvgIpc) is 2.90. The molecule has 1 aliphatic carbocycles. The van der Waals surface area contributed by atoms with Gasteiger partial charge in [-0.15, -0.1) is 0 Å². The van der Waals surface area contributed by atoms with Gasteiger partial charge in [-0.1, -0.05) is 25.3 Å². The van der Waals surface area contributed by atoms with Gasteiger partial charge in [-0.05, 0) is 59.4 Å². The summed E-state index contributed by atoms with van der Waals surface area (Å²) in [7, 11) is 0. The van der Waals surface area contributed by atoms with Gasteiger partial charge >= 0.3 is 11.9 Å². The molecule has 0 aromatic heterocycles. The molecule has 8 nitrogen and oxygen atoms in total. The van der Waals surface area contributed by atoms with Crippen LogP contribution in [0.3, 0.4) is 0 Å².